The first kappa shape index (κ1) is 16.1. The molecule has 0 spiro atoms. The van der Waals surface area contributed by atoms with E-state index in [4.69, 9.17) is 11.6 Å². The molecule has 0 aromatic carbocycles. The second-order valence-electron chi connectivity index (χ2n) is 5.87. The fourth-order valence-corrected chi connectivity index (χ4v) is 2.87. The van der Waals surface area contributed by atoms with E-state index in [0.717, 1.165) is 25.9 Å². The lowest BCUT2D eigenvalue weighted by Gasteiger charge is -2.41. The van der Waals surface area contributed by atoms with E-state index in [2.05, 4.69) is 29.5 Å². The number of nitrogens with zero attached hydrogens (tertiary/aromatic N) is 1. The maximum absolute atomic E-state index is 12.2. The van der Waals surface area contributed by atoms with E-state index in [9.17, 15) is 4.79 Å². The molecule has 1 aliphatic carbocycles. The Morgan fingerprint density at radius 2 is 2.19 bits per heavy atom. The SMILES string of the molecule is CCCNc1ncc(C(=O)NCC2(CC)CCC2)cc1Cl. The van der Waals surface area contributed by atoms with Crippen molar-refractivity contribution in [2.45, 2.75) is 46.0 Å². The van der Waals surface area contributed by atoms with Crippen LogP contribution in [0.4, 0.5) is 5.82 Å². The summed E-state index contributed by atoms with van der Waals surface area (Å²) < 4.78 is 0. The fraction of sp³-hybridized carbons (Fsp3) is 0.625. The standard InChI is InChI=1S/C16H24ClN3O/c1-3-8-18-14-13(17)9-12(10-19-14)15(21)20-11-16(4-2)6-5-7-16/h9-10H,3-8,11H2,1-2H3,(H,18,19)(H,20,21). The second-order valence-corrected chi connectivity index (χ2v) is 6.28. The Labute approximate surface area is 131 Å². The highest BCUT2D eigenvalue weighted by Crippen LogP contribution is 2.43. The molecule has 0 saturated heterocycles. The van der Waals surface area contributed by atoms with Crippen LogP contribution in [-0.2, 0) is 0 Å². The van der Waals surface area contributed by atoms with E-state index in [1.165, 1.54) is 19.3 Å². The molecule has 4 nitrogen and oxygen atoms in total. The molecular weight excluding hydrogens is 286 g/mol. The number of hydrogen-bond donors (Lipinski definition) is 2. The molecule has 1 heterocycles. The maximum Gasteiger partial charge on any atom is 0.252 e. The number of nitrogens with one attached hydrogen (secondary N) is 2. The fourth-order valence-electron chi connectivity index (χ4n) is 2.64. The van der Waals surface area contributed by atoms with Gasteiger partial charge in [0.15, 0.2) is 0 Å². The minimum Gasteiger partial charge on any atom is -0.369 e. The Balaban J connectivity index is 1.94. The molecule has 1 aromatic heterocycles. The van der Waals surface area contributed by atoms with Crippen LogP contribution in [0.25, 0.3) is 0 Å². The van der Waals surface area contributed by atoms with Gasteiger partial charge in [0.1, 0.15) is 5.82 Å². The summed E-state index contributed by atoms with van der Waals surface area (Å²) >= 11 is 6.16. The van der Waals surface area contributed by atoms with Crippen LogP contribution in [0.1, 0.15) is 56.3 Å². The Kier molecular flexibility index (Phi) is 5.45. The van der Waals surface area contributed by atoms with Crippen molar-refractivity contribution in [1.29, 1.82) is 0 Å². The van der Waals surface area contributed by atoms with Gasteiger partial charge in [-0.15, -0.1) is 0 Å². The Morgan fingerprint density at radius 3 is 2.71 bits per heavy atom. The zero-order valence-electron chi connectivity index (χ0n) is 12.8. The maximum atomic E-state index is 12.2. The average Bonchev–Trinajstić information content (AvgIpc) is 2.45. The number of carbonyl (C=O) groups excluding carboxylic acids is 1. The number of aromatic nitrogens is 1. The van der Waals surface area contributed by atoms with Gasteiger partial charge in [-0.3, -0.25) is 4.79 Å². The first-order valence-electron chi connectivity index (χ1n) is 7.78. The number of rotatable bonds is 7. The van der Waals surface area contributed by atoms with Crippen LogP contribution >= 0.6 is 11.6 Å². The molecule has 116 valence electrons. The molecule has 0 atom stereocenters. The summed E-state index contributed by atoms with van der Waals surface area (Å²) in [5.74, 6) is 0.547. The minimum absolute atomic E-state index is 0.0915. The normalized spacial score (nSPS) is 16.1. The number of hydrogen-bond acceptors (Lipinski definition) is 3. The molecule has 1 amide bonds. The Bertz CT molecular complexity index is 495. The van der Waals surface area contributed by atoms with Crippen molar-refractivity contribution in [2.24, 2.45) is 5.41 Å². The molecule has 0 bridgehead atoms. The van der Waals surface area contributed by atoms with E-state index in [1.54, 1.807) is 12.3 Å². The molecule has 5 heteroatoms. The highest BCUT2D eigenvalue weighted by atomic mass is 35.5. The van der Waals surface area contributed by atoms with E-state index < -0.39 is 0 Å². The van der Waals surface area contributed by atoms with E-state index in [0.29, 0.717) is 21.8 Å². The van der Waals surface area contributed by atoms with Gasteiger partial charge in [0.2, 0.25) is 0 Å². The second kappa shape index (κ2) is 7.12. The van der Waals surface area contributed by atoms with Crippen LogP contribution in [0, 0.1) is 5.41 Å². The lowest BCUT2D eigenvalue weighted by molar-refractivity contribution is 0.0850. The van der Waals surface area contributed by atoms with Crippen LogP contribution in [0.3, 0.4) is 0 Å². The van der Waals surface area contributed by atoms with Crippen LogP contribution in [0.5, 0.6) is 0 Å². The third kappa shape index (κ3) is 3.88. The summed E-state index contributed by atoms with van der Waals surface area (Å²) in [6.45, 7) is 5.83. The van der Waals surface area contributed by atoms with E-state index in [-0.39, 0.29) is 5.91 Å². The van der Waals surface area contributed by atoms with Gasteiger partial charge in [0.25, 0.3) is 5.91 Å². The predicted octanol–water partition coefficient (Wildman–Crippen LogP) is 3.87. The lowest BCUT2D eigenvalue weighted by Crippen LogP contribution is -2.41. The van der Waals surface area contributed by atoms with Gasteiger partial charge in [-0.1, -0.05) is 31.9 Å². The van der Waals surface area contributed by atoms with Gasteiger partial charge in [-0.25, -0.2) is 4.98 Å². The number of halogens is 1. The molecule has 0 unspecified atom stereocenters. The molecule has 1 saturated carbocycles. The van der Waals surface area contributed by atoms with Crippen molar-refractivity contribution in [3.05, 3.63) is 22.8 Å². The summed E-state index contributed by atoms with van der Waals surface area (Å²) in [6, 6.07) is 1.68. The van der Waals surface area contributed by atoms with Crippen molar-refractivity contribution < 1.29 is 4.79 Å². The highest BCUT2D eigenvalue weighted by molar-refractivity contribution is 6.33. The molecule has 1 aromatic rings. The van der Waals surface area contributed by atoms with Gasteiger partial charge >= 0.3 is 0 Å². The number of amides is 1. The topological polar surface area (TPSA) is 54.0 Å². The smallest absolute Gasteiger partial charge is 0.252 e. The van der Waals surface area contributed by atoms with Crippen LogP contribution in [-0.4, -0.2) is 24.0 Å². The highest BCUT2D eigenvalue weighted by Gasteiger charge is 2.35. The molecule has 0 aliphatic heterocycles. The molecule has 2 N–H and O–H groups in total. The summed E-state index contributed by atoms with van der Waals surface area (Å²) in [7, 11) is 0. The van der Waals surface area contributed by atoms with Gasteiger partial charge in [-0.05, 0) is 37.2 Å². The first-order chi connectivity index (χ1) is 10.1. The van der Waals surface area contributed by atoms with Gasteiger partial charge in [-0.2, -0.15) is 0 Å². The Hall–Kier alpha value is -1.29. The monoisotopic (exact) mass is 309 g/mol. The van der Waals surface area contributed by atoms with Gasteiger partial charge in [0, 0.05) is 19.3 Å². The third-order valence-electron chi connectivity index (χ3n) is 4.43. The van der Waals surface area contributed by atoms with Gasteiger partial charge in [0.05, 0.1) is 10.6 Å². The quantitative estimate of drug-likeness (QED) is 0.804. The zero-order valence-corrected chi connectivity index (χ0v) is 13.6. The molecule has 1 aliphatic rings. The summed E-state index contributed by atoms with van der Waals surface area (Å²) in [4.78, 5) is 16.4. The third-order valence-corrected chi connectivity index (χ3v) is 4.72. The molecule has 2 rings (SSSR count). The largest absolute Gasteiger partial charge is 0.369 e. The van der Waals surface area contributed by atoms with Gasteiger partial charge < -0.3 is 10.6 Å². The van der Waals surface area contributed by atoms with Crippen molar-refractivity contribution >= 4 is 23.3 Å². The summed E-state index contributed by atoms with van der Waals surface area (Å²) in [5.41, 5.74) is 0.836. The summed E-state index contributed by atoms with van der Waals surface area (Å²) in [6.07, 6.45) is 7.39. The number of pyridine rings is 1. The number of carbonyl (C=O) groups is 1. The zero-order chi connectivity index (χ0) is 15.3. The van der Waals surface area contributed by atoms with E-state index >= 15 is 0 Å². The predicted molar refractivity (Wildman–Crippen MR) is 86.9 cm³/mol. The molecule has 21 heavy (non-hydrogen) atoms. The number of anilines is 1. The molecular formula is C16H24ClN3O. The van der Waals surface area contributed by atoms with Crippen LogP contribution < -0.4 is 10.6 Å². The molecule has 0 radical (unpaired) electrons. The average molecular weight is 310 g/mol. The van der Waals surface area contributed by atoms with Crippen molar-refractivity contribution in [3.63, 3.8) is 0 Å². The lowest BCUT2D eigenvalue weighted by atomic mass is 9.67. The Morgan fingerprint density at radius 1 is 1.43 bits per heavy atom. The van der Waals surface area contributed by atoms with E-state index in [1.807, 2.05) is 0 Å². The van der Waals surface area contributed by atoms with Crippen LogP contribution in [0.15, 0.2) is 12.3 Å². The van der Waals surface area contributed by atoms with Crippen molar-refractivity contribution in [3.8, 4) is 0 Å². The summed E-state index contributed by atoms with van der Waals surface area (Å²) in [5, 5.41) is 6.65. The van der Waals surface area contributed by atoms with Crippen molar-refractivity contribution in [2.75, 3.05) is 18.4 Å². The first-order valence-corrected chi connectivity index (χ1v) is 8.15. The van der Waals surface area contributed by atoms with Crippen LogP contribution in [0.2, 0.25) is 5.02 Å². The minimum atomic E-state index is -0.0915. The molecule has 1 fully saturated rings. The van der Waals surface area contributed by atoms with Crippen molar-refractivity contribution in [1.82, 2.24) is 10.3 Å².